The first-order valence-corrected chi connectivity index (χ1v) is 8.76. The van der Waals surface area contributed by atoms with E-state index >= 15 is 0 Å². The van der Waals surface area contributed by atoms with E-state index in [1.54, 1.807) is 36.5 Å². The third-order valence-corrected chi connectivity index (χ3v) is 4.96. The molecule has 3 heterocycles. The molecule has 0 unspecified atom stereocenters. The van der Waals surface area contributed by atoms with Crippen molar-refractivity contribution in [1.82, 2.24) is 19.8 Å². The fourth-order valence-corrected chi connectivity index (χ4v) is 3.37. The Kier molecular flexibility index (Phi) is 4.26. The number of nitrogens with one attached hydrogen (secondary N) is 1. The number of carbonyl (C=O) groups is 1. The van der Waals surface area contributed by atoms with E-state index in [9.17, 15) is 9.90 Å². The molecule has 1 saturated heterocycles. The van der Waals surface area contributed by atoms with E-state index < -0.39 is 0 Å². The van der Waals surface area contributed by atoms with Crippen molar-refractivity contribution in [3.63, 3.8) is 0 Å². The second-order valence-corrected chi connectivity index (χ2v) is 6.75. The van der Waals surface area contributed by atoms with Crippen LogP contribution in [0.25, 0.3) is 22.2 Å². The molecule has 2 aromatic heterocycles. The van der Waals surface area contributed by atoms with E-state index in [1.165, 1.54) is 0 Å². The predicted molar refractivity (Wildman–Crippen MR) is 101 cm³/mol. The third kappa shape index (κ3) is 3.11. The number of nitrogens with zero attached hydrogens (tertiary/aromatic N) is 4. The van der Waals surface area contributed by atoms with Crippen LogP contribution in [0.3, 0.4) is 0 Å². The topological polar surface area (TPSA) is 96.2 Å². The van der Waals surface area contributed by atoms with Gasteiger partial charge < -0.3 is 19.9 Å². The molecular formula is C20H19N5O2. The summed E-state index contributed by atoms with van der Waals surface area (Å²) < 4.78 is 0. The van der Waals surface area contributed by atoms with Gasteiger partial charge in [0.1, 0.15) is 0 Å². The maximum atomic E-state index is 12.6. The highest BCUT2D eigenvalue weighted by Crippen LogP contribution is 2.35. The number of rotatable bonds is 2. The lowest BCUT2D eigenvalue weighted by Gasteiger charge is -2.32. The van der Waals surface area contributed by atoms with Crippen LogP contribution in [0.2, 0.25) is 0 Å². The minimum atomic E-state index is -0.0241. The number of aromatic amines is 1. The zero-order valence-corrected chi connectivity index (χ0v) is 14.9. The summed E-state index contributed by atoms with van der Waals surface area (Å²) in [5, 5.41) is 20.1. The number of hydrogen-bond donors (Lipinski definition) is 2. The number of pyridine rings is 1. The van der Waals surface area contributed by atoms with Crippen LogP contribution < -0.4 is 0 Å². The third-order valence-electron chi connectivity index (χ3n) is 4.96. The summed E-state index contributed by atoms with van der Waals surface area (Å²) in [5.74, 6) is -0.0327. The maximum absolute atomic E-state index is 12.6. The van der Waals surface area contributed by atoms with Crippen LogP contribution in [0.1, 0.15) is 15.9 Å². The molecule has 27 heavy (non-hydrogen) atoms. The number of aromatic hydroxyl groups is 1. The van der Waals surface area contributed by atoms with Crippen molar-refractivity contribution in [2.75, 3.05) is 33.2 Å². The van der Waals surface area contributed by atoms with Gasteiger partial charge in [-0.1, -0.05) is 6.07 Å². The second-order valence-electron chi connectivity index (χ2n) is 6.75. The van der Waals surface area contributed by atoms with Crippen molar-refractivity contribution < 1.29 is 9.90 Å². The first-order valence-electron chi connectivity index (χ1n) is 8.76. The van der Waals surface area contributed by atoms with Gasteiger partial charge in [-0.2, -0.15) is 5.26 Å². The molecule has 0 radical (unpaired) electrons. The highest BCUT2D eigenvalue weighted by Gasteiger charge is 2.21. The summed E-state index contributed by atoms with van der Waals surface area (Å²) in [7, 11) is 2.05. The summed E-state index contributed by atoms with van der Waals surface area (Å²) in [5.41, 5.74) is 2.85. The summed E-state index contributed by atoms with van der Waals surface area (Å²) in [6.45, 7) is 3.15. The number of benzene rings is 1. The molecule has 1 aliphatic heterocycles. The van der Waals surface area contributed by atoms with Gasteiger partial charge in [-0.15, -0.1) is 0 Å². The van der Waals surface area contributed by atoms with Gasteiger partial charge in [0.25, 0.3) is 5.91 Å². The molecule has 0 spiro atoms. The minimum Gasteiger partial charge on any atom is -0.494 e. The quantitative estimate of drug-likeness (QED) is 0.729. The Morgan fingerprint density at radius 1 is 1.22 bits per heavy atom. The van der Waals surface area contributed by atoms with Crippen LogP contribution in [0.15, 0.2) is 36.5 Å². The Labute approximate surface area is 156 Å². The van der Waals surface area contributed by atoms with Crippen LogP contribution in [0, 0.1) is 11.3 Å². The Morgan fingerprint density at radius 2 is 2.00 bits per heavy atom. The Hall–Kier alpha value is -3.37. The largest absolute Gasteiger partial charge is 0.494 e. The zero-order chi connectivity index (χ0) is 19.0. The molecule has 0 aliphatic carbocycles. The maximum Gasteiger partial charge on any atom is 0.255 e. The van der Waals surface area contributed by atoms with E-state index in [-0.39, 0.29) is 11.8 Å². The number of hydrogen-bond acceptors (Lipinski definition) is 5. The van der Waals surface area contributed by atoms with E-state index in [0.29, 0.717) is 41.0 Å². The number of fused-ring (bicyclic) bond motifs is 1. The predicted octanol–water partition coefficient (Wildman–Crippen LogP) is 2.19. The van der Waals surface area contributed by atoms with Gasteiger partial charge in [-0.3, -0.25) is 9.78 Å². The molecule has 7 heteroatoms. The lowest BCUT2D eigenvalue weighted by atomic mass is 10.1. The zero-order valence-electron chi connectivity index (χ0n) is 14.9. The fraction of sp³-hybridized carbons (Fsp3) is 0.250. The second kappa shape index (κ2) is 6.74. The molecule has 1 fully saturated rings. The highest BCUT2D eigenvalue weighted by atomic mass is 16.3. The summed E-state index contributed by atoms with van der Waals surface area (Å²) in [6, 6.07) is 10.7. The molecular weight excluding hydrogens is 342 g/mol. The van der Waals surface area contributed by atoms with Crippen molar-refractivity contribution >= 4 is 16.8 Å². The number of likely N-dealkylation sites (N-methyl/N-ethyl adjacent to an activating group) is 1. The van der Waals surface area contributed by atoms with E-state index in [4.69, 9.17) is 5.26 Å². The molecule has 3 aromatic rings. The molecule has 1 aliphatic rings. The lowest BCUT2D eigenvalue weighted by molar-refractivity contribution is 0.0663. The SMILES string of the molecule is CN1CCN(C(=O)c2ccc(-c3c(O)[nH]c4cc(C#N)ccc34)nc2)CC1. The Morgan fingerprint density at radius 3 is 2.67 bits per heavy atom. The molecule has 0 atom stereocenters. The molecule has 1 aromatic carbocycles. The van der Waals surface area contributed by atoms with Crippen molar-refractivity contribution in [2.24, 2.45) is 0 Å². The highest BCUT2D eigenvalue weighted by molar-refractivity contribution is 5.99. The summed E-state index contributed by atoms with van der Waals surface area (Å²) in [4.78, 5) is 23.9. The molecule has 4 rings (SSSR count). The summed E-state index contributed by atoms with van der Waals surface area (Å²) >= 11 is 0. The molecule has 136 valence electrons. The van der Waals surface area contributed by atoms with E-state index in [2.05, 4.69) is 20.9 Å². The van der Waals surface area contributed by atoms with Gasteiger partial charge in [0.15, 0.2) is 5.88 Å². The van der Waals surface area contributed by atoms with Gasteiger partial charge in [-0.25, -0.2) is 0 Å². The van der Waals surface area contributed by atoms with Crippen molar-refractivity contribution in [2.45, 2.75) is 0 Å². The average molecular weight is 361 g/mol. The molecule has 0 saturated carbocycles. The number of carbonyl (C=O) groups excluding carboxylic acids is 1. The van der Waals surface area contributed by atoms with Gasteiger partial charge in [-0.05, 0) is 31.3 Å². The fourth-order valence-electron chi connectivity index (χ4n) is 3.37. The lowest BCUT2D eigenvalue weighted by Crippen LogP contribution is -2.47. The van der Waals surface area contributed by atoms with Gasteiger partial charge in [0.05, 0.1) is 34.0 Å². The Balaban J connectivity index is 1.63. The molecule has 2 N–H and O–H groups in total. The number of nitriles is 1. The van der Waals surface area contributed by atoms with Crippen LogP contribution in [0.4, 0.5) is 0 Å². The van der Waals surface area contributed by atoms with Crippen molar-refractivity contribution in [3.8, 4) is 23.2 Å². The van der Waals surface area contributed by atoms with Crippen LogP contribution in [-0.4, -0.2) is 64.0 Å². The number of aromatic nitrogens is 2. The number of amides is 1. The van der Waals surface area contributed by atoms with Gasteiger partial charge in [0.2, 0.25) is 0 Å². The summed E-state index contributed by atoms with van der Waals surface area (Å²) in [6.07, 6.45) is 1.55. The monoisotopic (exact) mass is 361 g/mol. The van der Waals surface area contributed by atoms with Gasteiger partial charge in [0, 0.05) is 37.8 Å². The van der Waals surface area contributed by atoms with Crippen molar-refractivity contribution in [3.05, 3.63) is 47.7 Å². The molecule has 1 amide bonds. The number of piperazine rings is 1. The average Bonchev–Trinajstić information content (AvgIpc) is 3.03. The number of H-pyrrole nitrogens is 1. The first kappa shape index (κ1) is 17.1. The van der Waals surface area contributed by atoms with Crippen LogP contribution in [0.5, 0.6) is 5.88 Å². The first-order chi connectivity index (χ1) is 13.1. The minimum absolute atomic E-state index is 0.00858. The Bertz CT molecular complexity index is 1040. The van der Waals surface area contributed by atoms with Crippen LogP contribution in [-0.2, 0) is 0 Å². The van der Waals surface area contributed by atoms with E-state index in [1.807, 2.05) is 11.9 Å². The molecule has 0 bridgehead atoms. The normalized spacial score (nSPS) is 15.0. The van der Waals surface area contributed by atoms with Crippen molar-refractivity contribution in [1.29, 1.82) is 5.26 Å². The van der Waals surface area contributed by atoms with Crippen LogP contribution >= 0.6 is 0 Å². The smallest absolute Gasteiger partial charge is 0.255 e. The molecule has 7 nitrogen and oxygen atoms in total. The van der Waals surface area contributed by atoms with E-state index in [0.717, 1.165) is 18.5 Å². The van der Waals surface area contributed by atoms with Gasteiger partial charge >= 0.3 is 0 Å². The standard InChI is InChI=1S/C20H19N5O2/c1-24-6-8-25(9-7-24)20(27)14-3-5-16(22-12-14)18-15-4-2-13(11-21)10-17(15)23-19(18)26/h2-5,10,12,23,26H,6-9H2,1H3.